The van der Waals surface area contributed by atoms with Crippen LogP contribution in [-0.2, 0) is 11.3 Å². The molecule has 4 rings (SSSR count). The van der Waals surface area contributed by atoms with Gasteiger partial charge in [-0.1, -0.05) is 61.2 Å². The SMILES string of the molecule is C[C@H](CNC(=O)c1ccc(CN2C(=O)CSc3ncccc32)cc1)c1ccccc1. The van der Waals surface area contributed by atoms with Gasteiger partial charge < -0.3 is 10.2 Å². The number of fused-ring (bicyclic) bond motifs is 1. The van der Waals surface area contributed by atoms with Crippen molar-refractivity contribution >= 4 is 29.3 Å². The van der Waals surface area contributed by atoms with Crippen LogP contribution in [0.1, 0.15) is 34.3 Å². The Bertz CT molecular complexity index is 1040. The van der Waals surface area contributed by atoms with Crippen molar-refractivity contribution in [3.8, 4) is 0 Å². The molecule has 1 aliphatic rings. The maximum Gasteiger partial charge on any atom is 0.251 e. The van der Waals surface area contributed by atoms with Crippen molar-refractivity contribution in [3.63, 3.8) is 0 Å². The van der Waals surface area contributed by atoms with Gasteiger partial charge in [0.05, 0.1) is 18.0 Å². The fourth-order valence-corrected chi connectivity index (χ4v) is 4.28. The lowest BCUT2D eigenvalue weighted by Crippen LogP contribution is -2.35. The molecule has 0 radical (unpaired) electrons. The number of carbonyl (C=O) groups is 2. The number of pyridine rings is 1. The van der Waals surface area contributed by atoms with Gasteiger partial charge in [0, 0.05) is 18.3 Å². The van der Waals surface area contributed by atoms with Crippen LogP contribution in [0, 0.1) is 0 Å². The van der Waals surface area contributed by atoms with E-state index in [1.165, 1.54) is 17.3 Å². The summed E-state index contributed by atoms with van der Waals surface area (Å²) in [4.78, 5) is 31.0. The lowest BCUT2D eigenvalue weighted by Gasteiger charge is -2.28. The van der Waals surface area contributed by atoms with Gasteiger partial charge in [-0.05, 0) is 41.3 Å². The number of amides is 2. The van der Waals surface area contributed by atoms with Gasteiger partial charge in [0.15, 0.2) is 0 Å². The number of benzene rings is 2. The number of hydrogen-bond donors (Lipinski definition) is 1. The molecule has 1 aromatic heterocycles. The van der Waals surface area contributed by atoms with Crippen LogP contribution in [-0.4, -0.2) is 29.1 Å². The van der Waals surface area contributed by atoms with E-state index in [1.54, 1.807) is 11.1 Å². The van der Waals surface area contributed by atoms with E-state index in [-0.39, 0.29) is 17.7 Å². The van der Waals surface area contributed by atoms with E-state index in [1.807, 2.05) is 54.6 Å². The number of carbonyl (C=O) groups excluding carboxylic acids is 2. The first kappa shape index (κ1) is 20.2. The van der Waals surface area contributed by atoms with Crippen molar-refractivity contribution in [3.05, 3.63) is 89.6 Å². The molecule has 1 aliphatic heterocycles. The Hall–Kier alpha value is -3.12. The number of hydrogen-bond acceptors (Lipinski definition) is 4. The predicted molar refractivity (Wildman–Crippen MR) is 120 cm³/mol. The highest BCUT2D eigenvalue weighted by Gasteiger charge is 2.25. The smallest absolute Gasteiger partial charge is 0.251 e. The summed E-state index contributed by atoms with van der Waals surface area (Å²) in [5.41, 5.74) is 3.63. The van der Waals surface area contributed by atoms with E-state index >= 15 is 0 Å². The summed E-state index contributed by atoms with van der Waals surface area (Å²) in [5.74, 6) is 0.608. The van der Waals surface area contributed by atoms with Crippen LogP contribution in [0.2, 0.25) is 0 Å². The zero-order valence-corrected chi connectivity index (χ0v) is 17.6. The highest BCUT2D eigenvalue weighted by atomic mass is 32.2. The summed E-state index contributed by atoms with van der Waals surface area (Å²) in [6, 6.07) is 21.3. The normalized spacial score (nSPS) is 14.2. The van der Waals surface area contributed by atoms with E-state index in [0.717, 1.165) is 16.3 Å². The van der Waals surface area contributed by atoms with Gasteiger partial charge in [-0.15, -0.1) is 0 Å². The molecule has 2 aromatic carbocycles. The lowest BCUT2D eigenvalue weighted by molar-refractivity contribution is -0.116. The summed E-state index contributed by atoms with van der Waals surface area (Å²) >= 11 is 1.47. The van der Waals surface area contributed by atoms with E-state index in [9.17, 15) is 9.59 Å². The molecule has 2 amide bonds. The van der Waals surface area contributed by atoms with Crippen molar-refractivity contribution < 1.29 is 9.59 Å². The first-order valence-corrected chi connectivity index (χ1v) is 10.9. The minimum absolute atomic E-state index is 0.0669. The minimum Gasteiger partial charge on any atom is -0.351 e. The zero-order valence-electron chi connectivity index (χ0n) is 16.7. The summed E-state index contributed by atoms with van der Waals surface area (Å²) in [7, 11) is 0. The molecule has 0 saturated carbocycles. The Kier molecular flexibility index (Phi) is 6.14. The van der Waals surface area contributed by atoms with Crippen molar-refractivity contribution in [2.75, 3.05) is 17.2 Å². The van der Waals surface area contributed by atoms with E-state index < -0.39 is 0 Å². The first-order chi connectivity index (χ1) is 14.6. The zero-order chi connectivity index (χ0) is 20.9. The number of rotatable bonds is 6. The van der Waals surface area contributed by atoms with E-state index in [0.29, 0.717) is 24.4 Å². The second-order valence-electron chi connectivity index (χ2n) is 7.31. The summed E-state index contributed by atoms with van der Waals surface area (Å²) in [5, 5.41) is 3.88. The Labute approximate surface area is 180 Å². The van der Waals surface area contributed by atoms with Crippen LogP contribution in [0.15, 0.2) is 78.0 Å². The molecular weight excluding hydrogens is 394 g/mol. The predicted octanol–water partition coefficient (Wildman–Crippen LogP) is 4.25. The Morgan fingerprint density at radius 3 is 2.63 bits per heavy atom. The summed E-state index contributed by atoms with van der Waals surface area (Å²) in [6.45, 7) is 3.14. The Morgan fingerprint density at radius 1 is 1.10 bits per heavy atom. The molecule has 0 fully saturated rings. The molecule has 3 aromatic rings. The minimum atomic E-state index is -0.0932. The fourth-order valence-electron chi connectivity index (χ4n) is 3.41. The quantitative estimate of drug-likeness (QED) is 0.651. The monoisotopic (exact) mass is 417 g/mol. The molecule has 30 heavy (non-hydrogen) atoms. The van der Waals surface area contributed by atoms with Crippen LogP contribution < -0.4 is 10.2 Å². The van der Waals surface area contributed by atoms with Gasteiger partial charge in [-0.25, -0.2) is 4.98 Å². The van der Waals surface area contributed by atoms with Crippen molar-refractivity contribution in [1.29, 1.82) is 0 Å². The summed E-state index contributed by atoms with van der Waals surface area (Å²) in [6.07, 6.45) is 1.74. The van der Waals surface area contributed by atoms with Gasteiger partial charge in [-0.3, -0.25) is 9.59 Å². The topological polar surface area (TPSA) is 62.3 Å². The summed E-state index contributed by atoms with van der Waals surface area (Å²) < 4.78 is 0. The Balaban J connectivity index is 1.38. The largest absolute Gasteiger partial charge is 0.351 e. The number of nitrogens with zero attached hydrogens (tertiary/aromatic N) is 2. The average molecular weight is 418 g/mol. The van der Waals surface area contributed by atoms with Gasteiger partial charge in [-0.2, -0.15) is 0 Å². The molecule has 0 aliphatic carbocycles. The van der Waals surface area contributed by atoms with Gasteiger partial charge >= 0.3 is 0 Å². The van der Waals surface area contributed by atoms with E-state index in [2.05, 4.69) is 29.4 Å². The molecule has 0 unspecified atom stereocenters. The second kappa shape index (κ2) is 9.13. The maximum atomic E-state index is 12.5. The van der Waals surface area contributed by atoms with Gasteiger partial charge in [0.25, 0.3) is 5.91 Å². The molecule has 0 spiro atoms. The molecule has 1 N–H and O–H groups in total. The van der Waals surface area contributed by atoms with Crippen molar-refractivity contribution in [2.24, 2.45) is 0 Å². The van der Waals surface area contributed by atoms with Crippen LogP contribution >= 0.6 is 11.8 Å². The third kappa shape index (κ3) is 4.54. The molecule has 1 atom stereocenters. The third-order valence-corrected chi connectivity index (χ3v) is 6.15. The molecule has 2 heterocycles. The standard InChI is InChI=1S/C24H23N3O2S/c1-17(19-6-3-2-4-7-19)14-26-23(29)20-11-9-18(10-12-20)15-27-21-8-5-13-25-24(21)30-16-22(27)28/h2-13,17H,14-16H2,1H3,(H,26,29)/t17-/m1/s1. The highest BCUT2D eigenvalue weighted by molar-refractivity contribution is 8.00. The number of nitrogens with one attached hydrogen (secondary N) is 1. The highest BCUT2D eigenvalue weighted by Crippen LogP contribution is 2.34. The lowest BCUT2D eigenvalue weighted by atomic mass is 10.0. The molecule has 0 bridgehead atoms. The first-order valence-electron chi connectivity index (χ1n) is 9.92. The van der Waals surface area contributed by atoms with Crippen LogP contribution in [0.25, 0.3) is 0 Å². The van der Waals surface area contributed by atoms with Crippen LogP contribution in [0.3, 0.4) is 0 Å². The fraction of sp³-hybridized carbons (Fsp3) is 0.208. The molecule has 5 nitrogen and oxygen atoms in total. The van der Waals surface area contributed by atoms with E-state index in [4.69, 9.17) is 0 Å². The van der Waals surface area contributed by atoms with Gasteiger partial charge in [0.1, 0.15) is 5.03 Å². The Morgan fingerprint density at radius 2 is 1.87 bits per heavy atom. The molecule has 0 saturated heterocycles. The third-order valence-electron chi connectivity index (χ3n) is 5.17. The number of anilines is 1. The molecule has 152 valence electrons. The number of aromatic nitrogens is 1. The van der Waals surface area contributed by atoms with Crippen molar-refractivity contribution in [2.45, 2.75) is 24.4 Å². The molecular formula is C24H23N3O2S. The van der Waals surface area contributed by atoms with Gasteiger partial charge in [0.2, 0.25) is 5.91 Å². The van der Waals surface area contributed by atoms with Crippen LogP contribution in [0.5, 0.6) is 0 Å². The number of thioether (sulfide) groups is 1. The average Bonchev–Trinajstić information content (AvgIpc) is 2.80. The second-order valence-corrected chi connectivity index (χ2v) is 8.28. The van der Waals surface area contributed by atoms with Crippen LogP contribution in [0.4, 0.5) is 5.69 Å². The van der Waals surface area contributed by atoms with Crippen molar-refractivity contribution in [1.82, 2.24) is 10.3 Å². The maximum absolute atomic E-state index is 12.5. The molecule has 6 heteroatoms.